The van der Waals surface area contributed by atoms with Crippen LogP contribution in [0, 0.1) is 11.3 Å². The average Bonchev–Trinajstić information content (AvgIpc) is 2.66. The van der Waals surface area contributed by atoms with Crippen molar-refractivity contribution in [2.75, 3.05) is 38.7 Å². The number of aromatic nitrogens is 1. The molecule has 2 heterocycles. The van der Waals surface area contributed by atoms with E-state index >= 15 is 0 Å². The van der Waals surface area contributed by atoms with Gasteiger partial charge in [0.25, 0.3) is 0 Å². The summed E-state index contributed by atoms with van der Waals surface area (Å²) in [7, 11) is 1.60. The predicted molar refractivity (Wildman–Crippen MR) is 97.8 cm³/mol. The second kappa shape index (κ2) is 8.87. The summed E-state index contributed by atoms with van der Waals surface area (Å²) in [6.07, 6.45) is 1.49. The number of pyridine rings is 1. The van der Waals surface area contributed by atoms with Crippen LogP contribution >= 0.6 is 0 Å². The van der Waals surface area contributed by atoms with Gasteiger partial charge in [0.15, 0.2) is 0 Å². The quantitative estimate of drug-likeness (QED) is 0.753. The Hall–Kier alpha value is -3.31. The summed E-state index contributed by atoms with van der Waals surface area (Å²) < 4.78 is 16.1. The number of nitrogens with zero attached hydrogens (tertiary/aromatic N) is 3. The van der Waals surface area contributed by atoms with E-state index in [2.05, 4.69) is 16.4 Å². The number of urea groups is 1. The number of rotatable bonds is 7. The maximum absolute atomic E-state index is 12.2. The molecular weight excluding hydrogens is 348 g/mol. The van der Waals surface area contributed by atoms with E-state index in [1.807, 2.05) is 0 Å². The van der Waals surface area contributed by atoms with Crippen molar-refractivity contribution in [3.8, 4) is 17.7 Å². The lowest BCUT2D eigenvalue weighted by Crippen LogP contribution is -2.57. The van der Waals surface area contributed by atoms with Crippen LogP contribution in [0.5, 0.6) is 11.6 Å². The van der Waals surface area contributed by atoms with Crippen LogP contribution in [0.25, 0.3) is 0 Å². The van der Waals surface area contributed by atoms with Gasteiger partial charge in [0.1, 0.15) is 18.5 Å². The van der Waals surface area contributed by atoms with Crippen LogP contribution in [-0.2, 0) is 4.74 Å². The minimum Gasteiger partial charge on any atom is -0.487 e. The first kappa shape index (κ1) is 18.5. The number of amides is 2. The monoisotopic (exact) mass is 368 g/mol. The molecule has 2 amide bonds. The number of likely N-dealkylation sites (tertiary alicyclic amines) is 1. The van der Waals surface area contributed by atoms with Crippen LogP contribution < -0.4 is 14.8 Å². The molecule has 2 aromatic rings. The van der Waals surface area contributed by atoms with E-state index in [0.29, 0.717) is 49.2 Å². The summed E-state index contributed by atoms with van der Waals surface area (Å²) in [6.45, 7) is 1.90. The number of carbonyl (C=O) groups excluding carboxylic acids is 1. The molecule has 0 radical (unpaired) electrons. The third-order valence-electron chi connectivity index (χ3n) is 3.95. The number of nitriles is 1. The van der Waals surface area contributed by atoms with Gasteiger partial charge in [-0.25, -0.2) is 9.78 Å². The van der Waals surface area contributed by atoms with Crippen molar-refractivity contribution >= 4 is 11.7 Å². The fraction of sp³-hybridized carbons (Fsp3) is 0.316. The van der Waals surface area contributed by atoms with E-state index < -0.39 is 0 Å². The van der Waals surface area contributed by atoms with Gasteiger partial charge in [-0.15, -0.1) is 0 Å². The Labute approximate surface area is 157 Å². The Kier molecular flexibility index (Phi) is 6.07. The highest BCUT2D eigenvalue weighted by Gasteiger charge is 2.32. The van der Waals surface area contributed by atoms with Crippen LogP contribution in [0.15, 0.2) is 42.6 Å². The summed E-state index contributed by atoms with van der Waals surface area (Å²) in [4.78, 5) is 18.0. The Morgan fingerprint density at radius 3 is 2.67 bits per heavy atom. The second-order valence-corrected chi connectivity index (χ2v) is 5.94. The third-order valence-corrected chi connectivity index (χ3v) is 3.95. The SMILES string of the molecule is COCCOc1ccc(NC(=O)N2CC(Oc3ccc(C#N)cc3)C2)cn1. The molecule has 8 nitrogen and oxygen atoms in total. The number of carbonyl (C=O) groups is 1. The summed E-state index contributed by atoms with van der Waals surface area (Å²) >= 11 is 0. The van der Waals surface area contributed by atoms with E-state index in [1.165, 1.54) is 0 Å². The van der Waals surface area contributed by atoms with E-state index in [4.69, 9.17) is 19.5 Å². The van der Waals surface area contributed by atoms with Crippen molar-refractivity contribution in [3.63, 3.8) is 0 Å². The number of anilines is 1. The van der Waals surface area contributed by atoms with Gasteiger partial charge in [-0.3, -0.25) is 0 Å². The molecule has 1 N–H and O–H groups in total. The smallest absolute Gasteiger partial charge is 0.322 e. The maximum Gasteiger partial charge on any atom is 0.322 e. The van der Waals surface area contributed by atoms with Gasteiger partial charge in [-0.2, -0.15) is 5.26 Å². The molecule has 0 atom stereocenters. The molecule has 1 aromatic carbocycles. The lowest BCUT2D eigenvalue weighted by molar-refractivity contribution is 0.0493. The van der Waals surface area contributed by atoms with Gasteiger partial charge in [0.05, 0.1) is 43.2 Å². The molecule has 0 bridgehead atoms. The van der Waals surface area contributed by atoms with Gasteiger partial charge in [-0.1, -0.05) is 0 Å². The number of hydrogen-bond acceptors (Lipinski definition) is 6. The van der Waals surface area contributed by atoms with Crippen molar-refractivity contribution in [2.45, 2.75) is 6.10 Å². The molecule has 0 spiro atoms. The standard InChI is InChI=1S/C19H20N4O4/c1-25-8-9-26-18-7-4-15(11-21-18)22-19(24)23-12-17(13-23)27-16-5-2-14(10-20)3-6-16/h2-7,11,17H,8-9,12-13H2,1H3,(H,22,24). The fourth-order valence-corrected chi connectivity index (χ4v) is 2.45. The highest BCUT2D eigenvalue weighted by atomic mass is 16.5. The number of ether oxygens (including phenoxy) is 3. The van der Waals surface area contributed by atoms with Gasteiger partial charge in [0.2, 0.25) is 5.88 Å². The molecule has 1 aliphatic heterocycles. The van der Waals surface area contributed by atoms with Gasteiger partial charge in [0, 0.05) is 13.2 Å². The number of methoxy groups -OCH3 is 1. The minimum atomic E-state index is -0.204. The largest absolute Gasteiger partial charge is 0.487 e. The molecule has 0 saturated carbocycles. The summed E-state index contributed by atoms with van der Waals surface area (Å²) in [5.41, 5.74) is 1.18. The van der Waals surface area contributed by atoms with Gasteiger partial charge in [-0.05, 0) is 30.3 Å². The highest BCUT2D eigenvalue weighted by Crippen LogP contribution is 2.20. The van der Waals surface area contributed by atoms with Crippen molar-refractivity contribution in [1.82, 2.24) is 9.88 Å². The number of hydrogen-bond donors (Lipinski definition) is 1. The molecule has 1 aromatic heterocycles. The number of nitrogens with one attached hydrogen (secondary N) is 1. The fourth-order valence-electron chi connectivity index (χ4n) is 2.45. The van der Waals surface area contributed by atoms with Crippen LogP contribution in [0.1, 0.15) is 5.56 Å². The average molecular weight is 368 g/mol. The summed E-state index contributed by atoms with van der Waals surface area (Å²) in [6, 6.07) is 12.2. The lowest BCUT2D eigenvalue weighted by Gasteiger charge is -2.38. The first-order valence-electron chi connectivity index (χ1n) is 8.48. The molecule has 8 heteroatoms. The van der Waals surface area contributed by atoms with Crippen LogP contribution in [0.4, 0.5) is 10.5 Å². The Balaban J connectivity index is 1.41. The van der Waals surface area contributed by atoms with Gasteiger partial charge < -0.3 is 24.4 Å². The van der Waals surface area contributed by atoms with Crippen molar-refractivity contribution in [1.29, 1.82) is 5.26 Å². The first-order chi connectivity index (χ1) is 13.2. The van der Waals surface area contributed by atoms with Crippen molar-refractivity contribution in [3.05, 3.63) is 48.2 Å². The zero-order chi connectivity index (χ0) is 19.1. The maximum atomic E-state index is 12.2. The van der Waals surface area contributed by atoms with E-state index in [1.54, 1.807) is 54.6 Å². The topological polar surface area (TPSA) is 96.7 Å². The zero-order valence-electron chi connectivity index (χ0n) is 14.9. The minimum absolute atomic E-state index is 0.0571. The first-order valence-corrected chi connectivity index (χ1v) is 8.48. The Bertz CT molecular complexity index is 796. The molecule has 140 valence electrons. The van der Waals surface area contributed by atoms with E-state index in [-0.39, 0.29) is 12.1 Å². The molecule has 27 heavy (non-hydrogen) atoms. The third kappa shape index (κ3) is 5.09. The summed E-state index contributed by atoms with van der Waals surface area (Å²) in [5, 5.41) is 11.6. The Morgan fingerprint density at radius 1 is 1.26 bits per heavy atom. The van der Waals surface area contributed by atoms with Gasteiger partial charge >= 0.3 is 6.03 Å². The van der Waals surface area contributed by atoms with Crippen LogP contribution in [-0.4, -0.2) is 55.4 Å². The van der Waals surface area contributed by atoms with Crippen LogP contribution in [0.2, 0.25) is 0 Å². The summed E-state index contributed by atoms with van der Waals surface area (Å²) in [5.74, 6) is 1.16. The molecule has 1 saturated heterocycles. The number of benzene rings is 1. The molecule has 1 aliphatic rings. The molecule has 0 unspecified atom stereocenters. The molecule has 0 aliphatic carbocycles. The lowest BCUT2D eigenvalue weighted by atomic mass is 10.1. The van der Waals surface area contributed by atoms with Crippen LogP contribution in [0.3, 0.4) is 0 Å². The van der Waals surface area contributed by atoms with Crippen molar-refractivity contribution in [2.24, 2.45) is 0 Å². The molecule has 1 fully saturated rings. The highest BCUT2D eigenvalue weighted by molar-refractivity contribution is 5.89. The van der Waals surface area contributed by atoms with E-state index in [9.17, 15) is 4.79 Å². The normalized spacial score (nSPS) is 13.4. The molecule has 3 rings (SSSR count). The molecular formula is C19H20N4O4. The Morgan fingerprint density at radius 2 is 2.04 bits per heavy atom. The zero-order valence-corrected chi connectivity index (χ0v) is 14.9. The predicted octanol–water partition coefficient (Wildman–Crippen LogP) is 2.27. The second-order valence-electron chi connectivity index (χ2n) is 5.94. The van der Waals surface area contributed by atoms with Crippen molar-refractivity contribution < 1.29 is 19.0 Å². The van der Waals surface area contributed by atoms with E-state index in [0.717, 1.165) is 0 Å².